The summed E-state index contributed by atoms with van der Waals surface area (Å²) >= 11 is 1.65. The molecule has 0 amide bonds. The van der Waals surface area contributed by atoms with Gasteiger partial charge < -0.3 is 10.1 Å². The first-order valence-electron chi connectivity index (χ1n) is 4.39. The van der Waals surface area contributed by atoms with E-state index in [4.69, 9.17) is 4.74 Å². The molecule has 1 aromatic heterocycles. The fraction of sp³-hybridized carbons (Fsp3) is 0.667. The van der Waals surface area contributed by atoms with Crippen LogP contribution in [-0.2, 0) is 10.3 Å². The van der Waals surface area contributed by atoms with Gasteiger partial charge in [0.1, 0.15) is 5.01 Å². The lowest BCUT2D eigenvalue weighted by Crippen LogP contribution is -2.41. The Kier molecular flexibility index (Phi) is 3.84. The van der Waals surface area contributed by atoms with Crippen LogP contribution in [0.1, 0.15) is 18.9 Å². The average Bonchev–Trinajstić information content (AvgIpc) is 2.67. The summed E-state index contributed by atoms with van der Waals surface area (Å²) in [4.78, 5) is 4.29. The van der Waals surface area contributed by atoms with Gasteiger partial charge in [-0.3, -0.25) is 0 Å². The summed E-state index contributed by atoms with van der Waals surface area (Å²) in [6.45, 7) is 5.50. The zero-order valence-corrected chi connectivity index (χ0v) is 9.15. The van der Waals surface area contributed by atoms with E-state index >= 15 is 0 Å². The molecule has 0 aliphatic heterocycles. The summed E-state index contributed by atoms with van der Waals surface area (Å²) < 4.78 is 5.42. The van der Waals surface area contributed by atoms with Crippen molar-refractivity contribution in [2.45, 2.75) is 19.4 Å². The summed E-state index contributed by atoms with van der Waals surface area (Å²) in [6.07, 6.45) is 1.82. The molecule has 1 unspecified atom stereocenters. The van der Waals surface area contributed by atoms with Crippen molar-refractivity contribution in [1.29, 1.82) is 0 Å². The van der Waals surface area contributed by atoms with E-state index in [1.807, 2.05) is 25.5 Å². The van der Waals surface area contributed by atoms with Crippen LogP contribution in [0, 0.1) is 0 Å². The van der Waals surface area contributed by atoms with Crippen LogP contribution in [0.15, 0.2) is 11.6 Å². The highest BCUT2D eigenvalue weighted by Gasteiger charge is 2.27. The van der Waals surface area contributed by atoms with Gasteiger partial charge in [-0.05, 0) is 20.9 Å². The minimum absolute atomic E-state index is 0.149. The highest BCUT2D eigenvalue weighted by Crippen LogP contribution is 2.22. The molecule has 1 N–H and O–H groups in total. The molecule has 0 bridgehead atoms. The monoisotopic (exact) mass is 200 g/mol. The van der Waals surface area contributed by atoms with Gasteiger partial charge in [0, 0.05) is 18.2 Å². The number of ether oxygens (including phenoxy) is 1. The van der Waals surface area contributed by atoms with Crippen LogP contribution in [0.2, 0.25) is 0 Å². The lowest BCUT2D eigenvalue weighted by Gasteiger charge is -2.26. The molecule has 0 saturated heterocycles. The Bertz CT molecular complexity index is 238. The second kappa shape index (κ2) is 4.69. The molecule has 1 aromatic rings. The molecule has 0 aromatic carbocycles. The first-order valence-corrected chi connectivity index (χ1v) is 5.27. The van der Waals surface area contributed by atoms with Crippen LogP contribution in [0.4, 0.5) is 0 Å². The van der Waals surface area contributed by atoms with E-state index in [1.165, 1.54) is 0 Å². The van der Waals surface area contributed by atoms with Crippen LogP contribution >= 0.6 is 11.3 Å². The number of rotatable bonds is 5. The Balaban J connectivity index is 2.69. The van der Waals surface area contributed by atoms with Gasteiger partial charge in [0.05, 0.1) is 12.1 Å². The Morgan fingerprint density at radius 1 is 1.69 bits per heavy atom. The maximum absolute atomic E-state index is 5.42. The largest absolute Gasteiger partial charge is 0.379 e. The summed E-state index contributed by atoms with van der Waals surface area (Å²) in [5.74, 6) is 0. The molecule has 0 spiro atoms. The van der Waals surface area contributed by atoms with Crippen LogP contribution in [0.25, 0.3) is 0 Å². The number of likely N-dealkylation sites (N-methyl/N-ethyl adjacent to an activating group) is 1. The zero-order chi connectivity index (χ0) is 9.73. The molecule has 0 aliphatic rings. The minimum Gasteiger partial charge on any atom is -0.379 e. The average molecular weight is 200 g/mol. The third-order valence-electron chi connectivity index (χ3n) is 2.05. The number of nitrogens with one attached hydrogen (secondary N) is 1. The summed E-state index contributed by atoms with van der Waals surface area (Å²) in [5, 5.41) is 6.29. The Morgan fingerprint density at radius 2 is 2.46 bits per heavy atom. The van der Waals surface area contributed by atoms with Gasteiger partial charge >= 0.3 is 0 Å². The molecule has 13 heavy (non-hydrogen) atoms. The molecule has 1 atom stereocenters. The van der Waals surface area contributed by atoms with Crippen molar-refractivity contribution >= 4 is 11.3 Å². The number of thiazole rings is 1. The van der Waals surface area contributed by atoms with Crippen molar-refractivity contribution in [3.8, 4) is 0 Å². The smallest absolute Gasteiger partial charge is 0.115 e. The fourth-order valence-electron chi connectivity index (χ4n) is 1.04. The number of aromatic nitrogens is 1. The topological polar surface area (TPSA) is 34.1 Å². The molecule has 1 rings (SSSR count). The highest BCUT2D eigenvalue weighted by atomic mass is 32.1. The Morgan fingerprint density at radius 3 is 2.92 bits per heavy atom. The normalized spacial score (nSPS) is 15.6. The van der Waals surface area contributed by atoms with Gasteiger partial charge in [-0.1, -0.05) is 0 Å². The van der Waals surface area contributed by atoms with Crippen LogP contribution in [0.3, 0.4) is 0 Å². The standard InChI is InChI=1S/C9H16N2OS/c1-4-12-7-9(2,10-3)8-11-5-6-13-8/h5-6,10H,4,7H2,1-3H3. The van der Waals surface area contributed by atoms with Gasteiger partial charge in [0.15, 0.2) is 0 Å². The second-order valence-corrected chi connectivity index (χ2v) is 3.95. The number of hydrogen-bond donors (Lipinski definition) is 1. The minimum atomic E-state index is -0.149. The predicted molar refractivity (Wildman–Crippen MR) is 55.0 cm³/mol. The molecule has 0 fully saturated rings. The van der Waals surface area contributed by atoms with Crippen molar-refractivity contribution < 1.29 is 4.74 Å². The lowest BCUT2D eigenvalue weighted by atomic mass is 10.1. The molecule has 74 valence electrons. The van der Waals surface area contributed by atoms with Crippen molar-refractivity contribution in [3.05, 3.63) is 16.6 Å². The summed E-state index contributed by atoms with van der Waals surface area (Å²) in [5.41, 5.74) is -0.149. The van der Waals surface area contributed by atoms with E-state index < -0.39 is 0 Å². The third-order valence-corrected chi connectivity index (χ3v) is 3.09. The van der Waals surface area contributed by atoms with E-state index in [1.54, 1.807) is 11.3 Å². The maximum Gasteiger partial charge on any atom is 0.115 e. The SMILES string of the molecule is CCOCC(C)(NC)c1nccs1. The van der Waals surface area contributed by atoms with Crippen LogP contribution in [0.5, 0.6) is 0 Å². The van der Waals surface area contributed by atoms with E-state index in [9.17, 15) is 0 Å². The number of hydrogen-bond acceptors (Lipinski definition) is 4. The van der Waals surface area contributed by atoms with E-state index in [0.717, 1.165) is 11.6 Å². The molecule has 0 saturated carbocycles. The predicted octanol–water partition coefficient (Wildman–Crippen LogP) is 1.61. The molecular weight excluding hydrogens is 184 g/mol. The number of nitrogens with zero attached hydrogens (tertiary/aromatic N) is 1. The Hall–Kier alpha value is -0.450. The first-order chi connectivity index (χ1) is 6.23. The maximum atomic E-state index is 5.42. The first kappa shape index (κ1) is 10.6. The molecule has 4 heteroatoms. The van der Waals surface area contributed by atoms with Gasteiger partial charge in [-0.2, -0.15) is 0 Å². The zero-order valence-electron chi connectivity index (χ0n) is 8.33. The van der Waals surface area contributed by atoms with Crippen molar-refractivity contribution in [1.82, 2.24) is 10.3 Å². The van der Waals surface area contributed by atoms with Crippen molar-refractivity contribution in [2.24, 2.45) is 0 Å². The third kappa shape index (κ3) is 2.49. The van der Waals surface area contributed by atoms with Gasteiger partial charge in [-0.15, -0.1) is 11.3 Å². The van der Waals surface area contributed by atoms with E-state index in [0.29, 0.717) is 6.61 Å². The van der Waals surface area contributed by atoms with E-state index in [2.05, 4.69) is 17.2 Å². The molecular formula is C9H16N2OS. The van der Waals surface area contributed by atoms with Gasteiger partial charge in [-0.25, -0.2) is 4.98 Å². The quantitative estimate of drug-likeness (QED) is 0.784. The molecule has 0 radical (unpaired) electrons. The summed E-state index contributed by atoms with van der Waals surface area (Å²) in [7, 11) is 1.93. The molecule has 0 aliphatic carbocycles. The fourth-order valence-corrected chi connectivity index (χ4v) is 1.84. The second-order valence-electron chi connectivity index (χ2n) is 3.06. The van der Waals surface area contributed by atoms with Gasteiger partial charge in [0.25, 0.3) is 0 Å². The lowest BCUT2D eigenvalue weighted by molar-refractivity contribution is 0.0869. The van der Waals surface area contributed by atoms with Gasteiger partial charge in [0.2, 0.25) is 0 Å². The summed E-state index contributed by atoms with van der Waals surface area (Å²) in [6, 6.07) is 0. The van der Waals surface area contributed by atoms with Crippen molar-refractivity contribution in [3.63, 3.8) is 0 Å². The van der Waals surface area contributed by atoms with E-state index in [-0.39, 0.29) is 5.54 Å². The Labute approximate surface area is 83.1 Å². The molecule has 1 heterocycles. The highest BCUT2D eigenvalue weighted by molar-refractivity contribution is 7.09. The van der Waals surface area contributed by atoms with Crippen LogP contribution in [-0.4, -0.2) is 25.2 Å². The molecule has 3 nitrogen and oxygen atoms in total. The van der Waals surface area contributed by atoms with Crippen LogP contribution < -0.4 is 5.32 Å². The van der Waals surface area contributed by atoms with Crippen molar-refractivity contribution in [2.75, 3.05) is 20.3 Å².